The topological polar surface area (TPSA) is 256 Å². The minimum Gasteiger partial charge on any atom is -0.388 e. The molecule has 0 bridgehead atoms. The Morgan fingerprint density at radius 1 is 0.447 bits per heavy atom. The molecule has 0 radical (unpaired) electrons. The summed E-state index contributed by atoms with van der Waals surface area (Å²) < 4.78 is 42.4. The molecule has 4 rings (SSSR count). The molecular formula is C21H36O17. The van der Waals surface area contributed by atoms with Gasteiger partial charge in [-0.25, -0.2) is 0 Å². The highest BCUT2D eigenvalue weighted by molar-refractivity contribution is 4.92. The molecule has 0 aromatic rings. The Balaban J connectivity index is 1.39. The molecule has 0 aliphatic carbocycles. The first kappa shape index (κ1) is 30.3. The van der Waals surface area contributed by atoms with Crippen molar-refractivity contribution < 1.29 is 83.9 Å². The van der Waals surface area contributed by atoms with Crippen LogP contribution >= 0.6 is 0 Å². The Labute approximate surface area is 216 Å². The van der Waals surface area contributed by atoms with Gasteiger partial charge in [0, 0.05) is 7.11 Å². The molecular weight excluding hydrogens is 524 g/mol. The Morgan fingerprint density at radius 2 is 0.763 bits per heavy atom. The van der Waals surface area contributed by atoms with Gasteiger partial charge in [0.15, 0.2) is 25.2 Å². The van der Waals surface area contributed by atoms with E-state index >= 15 is 0 Å². The van der Waals surface area contributed by atoms with Crippen molar-refractivity contribution in [2.24, 2.45) is 0 Å². The van der Waals surface area contributed by atoms with Gasteiger partial charge in [-0.1, -0.05) is 0 Å². The molecule has 38 heavy (non-hydrogen) atoms. The molecule has 17 heteroatoms. The largest absolute Gasteiger partial charge is 0.388 e. The van der Waals surface area contributed by atoms with Crippen LogP contribution in [0.3, 0.4) is 0 Å². The Kier molecular flexibility index (Phi) is 10.3. The van der Waals surface area contributed by atoms with Crippen molar-refractivity contribution in [3.63, 3.8) is 0 Å². The lowest BCUT2D eigenvalue weighted by atomic mass is 10.0. The first-order valence-electron chi connectivity index (χ1n) is 12.1. The van der Waals surface area contributed by atoms with Crippen LogP contribution in [0.15, 0.2) is 0 Å². The molecule has 4 aliphatic rings. The van der Waals surface area contributed by atoms with Crippen molar-refractivity contribution in [2.75, 3.05) is 33.5 Å². The first-order valence-corrected chi connectivity index (χ1v) is 12.1. The summed E-state index contributed by atoms with van der Waals surface area (Å²) in [5.41, 5.74) is 0. The third-order valence-corrected chi connectivity index (χ3v) is 6.87. The van der Waals surface area contributed by atoms with Crippen LogP contribution in [0.4, 0.5) is 0 Å². The lowest BCUT2D eigenvalue weighted by Gasteiger charge is -2.45. The maximum atomic E-state index is 10.8. The summed E-state index contributed by atoms with van der Waals surface area (Å²) in [6.07, 6.45) is -23.4. The molecule has 222 valence electrons. The number of aliphatic hydroxyl groups is 9. The van der Waals surface area contributed by atoms with Crippen LogP contribution in [-0.4, -0.2) is 178 Å². The predicted octanol–water partition coefficient (Wildman–Crippen LogP) is -6.54. The molecule has 0 aromatic carbocycles. The molecule has 0 amide bonds. The fourth-order valence-corrected chi connectivity index (χ4v) is 4.72. The van der Waals surface area contributed by atoms with Gasteiger partial charge in [-0.2, -0.15) is 0 Å². The van der Waals surface area contributed by atoms with E-state index < -0.39 is 112 Å². The number of methoxy groups -OCH3 is 1. The van der Waals surface area contributed by atoms with Gasteiger partial charge in [-0.15, -0.1) is 0 Å². The van der Waals surface area contributed by atoms with Crippen molar-refractivity contribution in [1.82, 2.24) is 0 Å². The zero-order chi connectivity index (χ0) is 27.7. The van der Waals surface area contributed by atoms with E-state index in [1.807, 2.05) is 0 Å². The zero-order valence-electron chi connectivity index (χ0n) is 20.4. The summed E-state index contributed by atoms with van der Waals surface area (Å²) in [4.78, 5) is 0. The Hall–Kier alpha value is -0.680. The molecule has 16 atom stereocenters. The normalized spacial score (nSPS) is 52.6. The van der Waals surface area contributed by atoms with Gasteiger partial charge in [-0.05, 0) is 0 Å². The lowest BCUT2D eigenvalue weighted by molar-refractivity contribution is -0.366. The smallest absolute Gasteiger partial charge is 0.186 e. The molecule has 4 saturated heterocycles. The van der Waals surface area contributed by atoms with E-state index in [2.05, 4.69) is 0 Å². The summed E-state index contributed by atoms with van der Waals surface area (Å²) >= 11 is 0. The van der Waals surface area contributed by atoms with Gasteiger partial charge in [0.1, 0.15) is 73.2 Å². The number of rotatable bonds is 7. The van der Waals surface area contributed by atoms with E-state index in [9.17, 15) is 46.0 Å². The molecule has 16 unspecified atom stereocenters. The summed E-state index contributed by atoms with van der Waals surface area (Å²) in [6, 6.07) is 0. The SMILES string of the molecule is COC1C(O)COC(OC2C(O)COC(OC3C(O)COC(OC4C(O)COC(O)C4O)C3O)C2O)C1O. The van der Waals surface area contributed by atoms with Gasteiger partial charge in [0.05, 0.1) is 26.4 Å². The van der Waals surface area contributed by atoms with Gasteiger partial charge in [0.2, 0.25) is 0 Å². The fourth-order valence-electron chi connectivity index (χ4n) is 4.72. The average Bonchev–Trinajstić information content (AvgIpc) is 2.88. The number of ether oxygens (including phenoxy) is 8. The van der Waals surface area contributed by atoms with Crippen LogP contribution in [0, 0.1) is 0 Å². The average molecular weight is 561 g/mol. The number of hydrogen-bond donors (Lipinski definition) is 9. The monoisotopic (exact) mass is 560 g/mol. The summed E-state index contributed by atoms with van der Waals surface area (Å²) in [5, 5.41) is 92.5. The third kappa shape index (κ3) is 6.29. The van der Waals surface area contributed by atoms with Gasteiger partial charge < -0.3 is 83.9 Å². The van der Waals surface area contributed by atoms with Crippen LogP contribution < -0.4 is 0 Å². The standard InChI is InChI=1S/C21H36O17/c1-31-14-6(22)3-33-19(11(14)27)37-16-8(24)5-35-21(13(16)29)38-17-9(25)4-34-20(12(17)28)36-15-7(23)2-32-18(30)10(15)26/h6-30H,2-5H2,1H3. The van der Waals surface area contributed by atoms with Gasteiger partial charge in [0.25, 0.3) is 0 Å². The maximum absolute atomic E-state index is 10.8. The van der Waals surface area contributed by atoms with E-state index in [1.165, 1.54) is 7.11 Å². The molecule has 17 nitrogen and oxygen atoms in total. The molecule has 9 N–H and O–H groups in total. The third-order valence-electron chi connectivity index (χ3n) is 6.87. The van der Waals surface area contributed by atoms with Crippen molar-refractivity contribution in [1.29, 1.82) is 0 Å². The summed E-state index contributed by atoms with van der Waals surface area (Å²) in [7, 11) is 1.27. The predicted molar refractivity (Wildman–Crippen MR) is 115 cm³/mol. The number of aliphatic hydroxyl groups excluding tert-OH is 9. The molecule has 4 heterocycles. The van der Waals surface area contributed by atoms with Gasteiger partial charge in [-0.3, -0.25) is 0 Å². The van der Waals surface area contributed by atoms with Crippen LogP contribution in [0.1, 0.15) is 0 Å². The summed E-state index contributed by atoms with van der Waals surface area (Å²) in [5.74, 6) is 0. The van der Waals surface area contributed by atoms with Crippen molar-refractivity contribution in [3.05, 3.63) is 0 Å². The number of hydrogen-bond acceptors (Lipinski definition) is 17. The lowest BCUT2D eigenvalue weighted by Crippen LogP contribution is -2.63. The molecule has 0 spiro atoms. The quantitative estimate of drug-likeness (QED) is 0.140. The van der Waals surface area contributed by atoms with Crippen molar-refractivity contribution >= 4 is 0 Å². The van der Waals surface area contributed by atoms with Crippen molar-refractivity contribution in [3.8, 4) is 0 Å². The molecule has 4 aliphatic heterocycles. The minimum absolute atomic E-state index is 0.245. The molecule has 0 aromatic heterocycles. The second-order valence-electron chi connectivity index (χ2n) is 9.56. The van der Waals surface area contributed by atoms with E-state index in [0.717, 1.165) is 0 Å². The second kappa shape index (κ2) is 12.9. The zero-order valence-corrected chi connectivity index (χ0v) is 20.4. The fraction of sp³-hybridized carbons (Fsp3) is 1.00. The maximum Gasteiger partial charge on any atom is 0.186 e. The highest BCUT2D eigenvalue weighted by atomic mass is 16.7. The van der Waals surface area contributed by atoms with E-state index in [1.54, 1.807) is 0 Å². The van der Waals surface area contributed by atoms with Crippen LogP contribution in [-0.2, 0) is 37.9 Å². The van der Waals surface area contributed by atoms with Gasteiger partial charge >= 0.3 is 0 Å². The van der Waals surface area contributed by atoms with E-state index in [4.69, 9.17) is 37.9 Å². The summed E-state index contributed by atoms with van der Waals surface area (Å²) in [6.45, 7) is -1.42. The van der Waals surface area contributed by atoms with Crippen molar-refractivity contribution in [2.45, 2.75) is 98.4 Å². The van der Waals surface area contributed by atoms with Crippen LogP contribution in [0.25, 0.3) is 0 Å². The molecule has 4 fully saturated rings. The van der Waals surface area contributed by atoms with E-state index in [0.29, 0.717) is 0 Å². The van der Waals surface area contributed by atoms with E-state index in [-0.39, 0.29) is 13.2 Å². The minimum atomic E-state index is -1.73. The Bertz CT molecular complexity index is 747. The van der Waals surface area contributed by atoms with Crippen LogP contribution in [0.5, 0.6) is 0 Å². The second-order valence-corrected chi connectivity index (χ2v) is 9.56. The highest BCUT2D eigenvalue weighted by Gasteiger charge is 2.50. The Morgan fingerprint density at radius 3 is 1.16 bits per heavy atom. The van der Waals surface area contributed by atoms with Crippen LogP contribution in [0.2, 0.25) is 0 Å². The first-order chi connectivity index (χ1) is 18.0. The highest BCUT2D eigenvalue weighted by Crippen LogP contribution is 2.30. The molecule has 0 saturated carbocycles.